The number of urea groups is 1. The highest BCUT2D eigenvalue weighted by atomic mass is 35.5. The van der Waals surface area contributed by atoms with Gasteiger partial charge in [-0.25, -0.2) is 13.2 Å². The minimum atomic E-state index is -4.41. The molecule has 1 saturated heterocycles. The van der Waals surface area contributed by atoms with Gasteiger partial charge in [-0.05, 0) is 46.5 Å². The van der Waals surface area contributed by atoms with Gasteiger partial charge in [-0.2, -0.15) is 0 Å². The zero-order chi connectivity index (χ0) is 20.4. The fourth-order valence-corrected chi connectivity index (χ4v) is 5.48. The van der Waals surface area contributed by atoms with E-state index in [1.54, 1.807) is 24.3 Å². The van der Waals surface area contributed by atoms with Crippen LogP contribution in [0.2, 0.25) is 5.02 Å². The molecule has 3 amide bonds. The number of carbonyl (C=O) groups is 2. The van der Waals surface area contributed by atoms with Gasteiger partial charge in [0.2, 0.25) is 0 Å². The van der Waals surface area contributed by atoms with Crippen molar-refractivity contribution in [3.8, 4) is 11.1 Å². The van der Waals surface area contributed by atoms with E-state index in [2.05, 4.69) is 5.32 Å². The molecule has 0 bridgehead atoms. The largest absolute Gasteiger partial charge is 0.339 e. The van der Waals surface area contributed by atoms with Crippen LogP contribution in [0.15, 0.2) is 77.7 Å². The second-order valence-corrected chi connectivity index (χ2v) is 9.02. The Morgan fingerprint density at radius 2 is 1.31 bits per heavy atom. The lowest BCUT2D eigenvalue weighted by molar-refractivity contribution is -0.126. The monoisotopic (exact) mass is 424 g/mol. The summed E-state index contributed by atoms with van der Waals surface area (Å²) in [6.07, 6.45) is 0. The maximum Gasteiger partial charge on any atom is 0.339 e. The van der Waals surface area contributed by atoms with Crippen molar-refractivity contribution in [2.75, 3.05) is 0 Å². The molecule has 144 valence electrons. The SMILES string of the molecule is O=C1NC2(C(=O)N1S(=O)(=O)c1ccc(Cl)cc1)c1ccccc1-c1ccccc12. The molecule has 1 spiro atoms. The Labute approximate surface area is 171 Å². The molecule has 3 aromatic carbocycles. The zero-order valence-corrected chi connectivity index (χ0v) is 16.4. The highest BCUT2D eigenvalue weighted by Gasteiger charge is 2.61. The first-order valence-electron chi connectivity index (χ1n) is 8.74. The summed E-state index contributed by atoms with van der Waals surface area (Å²) >= 11 is 5.84. The van der Waals surface area contributed by atoms with Gasteiger partial charge in [0.25, 0.3) is 15.9 Å². The van der Waals surface area contributed by atoms with Crippen LogP contribution in [0.1, 0.15) is 11.1 Å². The van der Waals surface area contributed by atoms with Gasteiger partial charge in [0, 0.05) is 5.02 Å². The second-order valence-electron chi connectivity index (χ2n) is 6.80. The second kappa shape index (κ2) is 5.92. The number of halogens is 1. The van der Waals surface area contributed by atoms with E-state index in [4.69, 9.17) is 11.6 Å². The number of nitrogens with zero attached hydrogens (tertiary/aromatic N) is 1. The molecule has 0 unspecified atom stereocenters. The Hall–Kier alpha value is -3.16. The molecule has 0 aromatic heterocycles. The molecule has 0 radical (unpaired) electrons. The lowest BCUT2D eigenvalue weighted by Crippen LogP contribution is -2.44. The molecule has 8 heteroatoms. The van der Waals surface area contributed by atoms with Crippen LogP contribution in [0.5, 0.6) is 0 Å². The highest BCUT2D eigenvalue weighted by Crippen LogP contribution is 2.50. The maximum absolute atomic E-state index is 13.6. The van der Waals surface area contributed by atoms with Crippen LogP contribution in [0.3, 0.4) is 0 Å². The smallest absolute Gasteiger partial charge is 0.315 e. The predicted octanol–water partition coefficient (Wildman–Crippen LogP) is 3.50. The van der Waals surface area contributed by atoms with Crippen LogP contribution in [0.25, 0.3) is 11.1 Å². The fourth-order valence-electron chi connectivity index (χ4n) is 4.04. The third-order valence-corrected chi connectivity index (χ3v) is 7.22. The Kier molecular flexibility index (Phi) is 3.65. The first kappa shape index (κ1) is 17.9. The number of rotatable bonds is 2. The summed E-state index contributed by atoms with van der Waals surface area (Å²) in [5, 5.41) is 3.00. The first-order valence-corrected chi connectivity index (χ1v) is 10.6. The van der Waals surface area contributed by atoms with E-state index in [1.165, 1.54) is 24.3 Å². The van der Waals surface area contributed by atoms with Crippen LogP contribution in [0, 0.1) is 0 Å². The summed E-state index contributed by atoms with van der Waals surface area (Å²) in [4.78, 5) is 26.2. The standard InChI is InChI=1S/C21H13ClN2O4S/c22-13-9-11-14(12-10-13)29(27,28)24-19(25)21(23-20(24)26)17-7-3-1-5-15(17)16-6-2-4-8-18(16)21/h1-12H,(H,23,26). The molecule has 1 heterocycles. The summed E-state index contributed by atoms with van der Waals surface area (Å²) in [7, 11) is -4.41. The lowest BCUT2D eigenvalue weighted by Gasteiger charge is -2.24. The number of imide groups is 1. The number of nitrogens with one attached hydrogen (secondary N) is 1. The Balaban J connectivity index is 1.72. The van der Waals surface area contributed by atoms with Crippen LogP contribution in [-0.4, -0.2) is 24.7 Å². The van der Waals surface area contributed by atoms with Crippen LogP contribution in [-0.2, 0) is 20.4 Å². The summed E-state index contributed by atoms with van der Waals surface area (Å²) < 4.78 is 26.6. The van der Waals surface area contributed by atoms with Gasteiger partial charge in [-0.3, -0.25) is 4.79 Å². The number of sulfonamides is 1. The number of carbonyl (C=O) groups excluding carboxylic acids is 2. The highest BCUT2D eigenvalue weighted by molar-refractivity contribution is 7.90. The molecule has 1 fully saturated rings. The summed E-state index contributed by atoms with van der Waals surface area (Å²) in [6, 6.07) is 18.6. The zero-order valence-electron chi connectivity index (χ0n) is 14.8. The van der Waals surface area contributed by atoms with Crippen molar-refractivity contribution < 1.29 is 18.0 Å². The molecule has 29 heavy (non-hydrogen) atoms. The molecule has 6 nitrogen and oxygen atoms in total. The van der Waals surface area contributed by atoms with Crippen LogP contribution < -0.4 is 5.32 Å². The number of hydrogen-bond donors (Lipinski definition) is 1. The molecule has 5 rings (SSSR count). The lowest BCUT2D eigenvalue weighted by atomic mass is 9.88. The summed E-state index contributed by atoms with van der Waals surface area (Å²) in [5.41, 5.74) is 1.08. The quantitative estimate of drug-likeness (QED) is 0.638. The topological polar surface area (TPSA) is 83.6 Å². The Morgan fingerprint density at radius 3 is 1.86 bits per heavy atom. The molecule has 1 N–H and O–H groups in total. The molecule has 0 saturated carbocycles. The van der Waals surface area contributed by atoms with Crippen molar-refractivity contribution in [1.29, 1.82) is 0 Å². The molecular formula is C21H13ClN2O4S. The van der Waals surface area contributed by atoms with E-state index >= 15 is 0 Å². The molecule has 3 aromatic rings. The predicted molar refractivity (Wildman–Crippen MR) is 107 cm³/mol. The van der Waals surface area contributed by atoms with Gasteiger partial charge < -0.3 is 5.32 Å². The van der Waals surface area contributed by atoms with Gasteiger partial charge in [0.15, 0.2) is 5.54 Å². The Bertz CT molecular complexity index is 1260. The van der Waals surface area contributed by atoms with Crippen LogP contribution >= 0.6 is 11.6 Å². The fraction of sp³-hybridized carbons (Fsp3) is 0.0476. The van der Waals surface area contributed by atoms with E-state index in [0.717, 1.165) is 11.1 Å². The van der Waals surface area contributed by atoms with E-state index in [1.807, 2.05) is 24.3 Å². The normalized spacial score (nSPS) is 16.7. The molecule has 1 aliphatic carbocycles. The maximum atomic E-state index is 13.6. The number of fused-ring (bicyclic) bond motifs is 5. The minimum Gasteiger partial charge on any atom is -0.315 e. The van der Waals surface area contributed by atoms with Crippen molar-refractivity contribution in [1.82, 2.24) is 9.62 Å². The minimum absolute atomic E-state index is 0.193. The van der Waals surface area contributed by atoms with Gasteiger partial charge in [-0.15, -0.1) is 4.31 Å². The van der Waals surface area contributed by atoms with E-state index in [-0.39, 0.29) is 4.90 Å². The van der Waals surface area contributed by atoms with E-state index < -0.39 is 27.5 Å². The van der Waals surface area contributed by atoms with Crippen molar-refractivity contribution in [2.45, 2.75) is 10.4 Å². The van der Waals surface area contributed by atoms with Gasteiger partial charge in [-0.1, -0.05) is 60.1 Å². The number of benzene rings is 3. The van der Waals surface area contributed by atoms with Gasteiger partial charge in [0.1, 0.15) is 0 Å². The average molecular weight is 425 g/mol. The summed E-state index contributed by atoms with van der Waals surface area (Å²) in [5.74, 6) is -0.852. The third-order valence-electron chi connectivity index (χ3n) is 5.29. The molecule has 0 atom stereocenters. The molecular weight excluding hydrogens is 412 g/mol. The average Bonchev–Trinajstić information content (AvgIpc) is 3.15. The number of hydrogen-bond acceptors (Lipinski definition) is 4. The van der Waals surface area contributed by atoms with Gasteiger partial charge >= 0.3 is 6.03 Å². The van der Waals surface area contributed by atoms with Crippen LogP contribution in [0.4, 0.5) is 4.79 Å². The molecule has 2 aliphatic rings. The molecule has 1 aliphatic heterocycles. The van der Waals surface area contributed by atoms with E-state index in [9.17, 15) is 18.0 Å². The summed E-state index contributed by atoms with van der Waals surface area (Å²) in [6.45, 7) is 0. The number of amides is 3. The Morgan fingerprint density at radius 1 is 0.793 bits per heavy atom. The van der Waals surface area contributed by atoms with Gasteiger partial charge in [0.05, 0.1) is 4.90 Å². The van der Waals surface area contributed by atoms with Crippen molar-refractivity contribution >= 4 is 33.6 Å². The third kappa shape index (κ3) is 2.25. The van der Waals surface area contributed by atoms with Crippen molar-refractivity contribution in [3.05, 3.63) is 88.9 Å². The van der Waals surface area contributed by atoms with Crippen molar-refractivity contribution in [3.63, 3.8) is 0 Å². The van der Waals surface area contributed by atoms with E-state index in [0.29, 0.717) is 20.5 Å². The van der Waals surface area contributed by atoms with Crippen molar-refractivity contribution in [2.24, 2.45) is 0 Å². The first-order chi connectivity index (χ1) is 13.9.